The van der Waals surface area contributed by atoms with Crippen molar-refractivity contribution in [3.8, 4) is 0 Å². The number of aromatic amines is 1. The summed E-state index contributed by atoms with van der Waals surface area (Å²) >= 11 is 0. The van der Waals surface area contributed by atoms with Gasteiger partial charge in [-0.15, -0.1) is 0 Å². The largest absolute Gasteiger partial charge is 0.339 e. The number of hydrogen-bond donors (Lipinski definition) is 1. The smallest absolute Gasteiger partial charge is 0.256 e. The Morgan fingerprint density at radius 2 is 2.13 bits per heavy atom. The second-order valence-corrected chi connectivity index (χ2v) is 6.43. The van der Waals surface area contributed by atoms with Crippen LogP contribution in [0.15, 0.2) is 35.6 Å². The van der Waals surface area contributed by atoms with E-state index >= 15 is 0 Å². The molecule has 120 valence electrons. The zero-order chi connectivity index (χ0) is 16.6. The molecule has 1 aliphatic rings. The third-order valence-corrected chi connectivity index (χ3v) is 4.65. The van der Waals surface area contributed by atoms with Crippen LogP contribution in [0.4, 0.5) is 0 Å². The van der Waals surface area contributed by atoms with Crippen molar-refractivity contribution in [3.63, 3.8) is 0 Å². The van der Waals surface area contributed by atoms with Crippen LogP contribution in [0.25, 0.3) is 10.8 Å². The van der Waals surface area contributed by atoms with Gasteiger partial charge in [0, 0.05) is 30.1 Å². The Morgan fingerprint density at radius 3 is 2.87 bits per heavy atom. The number of fused-ring (bicyclic) bond motifs is 1. The Hall–Kier alpha value is -2.36. The minimum atomic E-state index is -0.0397. The minimum Gasteiger partial charge on any atom is -0.339 e. The van der Waals surface area contributed by atoms with Gasteiger partial charge in [0.15, 0.2) is 0 Å². The van der Waals surface area contributed by atoms with E-state index in [1.165, 1.54) is 6.08 Å². The number of benzene rings is 1. The van der Waals surface area contributed by atoms with E-state index in [4.69, 9.17) is 0 Å². The lowest BCUT2D eigenvalue weighted by molar-refractivity contribution is -0.127. The van der Waals surface area contributed by atoms with Crippen molar-refractivity contribution in [1.82, 2.24) is 9.88 Å². The first kappa shape index (κ1) is 15.5. The summed E-state index contributed by atoms with van der Waals surface area (Å²) in [6, 6.07) is 6.15. The molecule has 23 heavy (non-hydrogen) atoms. The standard InChI is InChI=1S/C19H22N2O2/c1-4-17(22)21-7-5-6-14(11-21)16-10-15-9-12(2)8-13(3)18(15)19(23)20-16/h4,8-10,14H,1,5-7,11H2,2-3H3,(H,20,23). The van der Waals surface area contributed by atoms with E-state index in [1.54, 1.807) is 0 Å². The molecule has 0 saturated carbocycles. The molecule has 4 heteroatoms. The van der Waals surface area contributed by atoms with Crippen LogP contribution >= 0.6 is 0 Å². The molecule has 0 spiro atoms. The van der Waals surface area contributed by atoms with Gasteiger partial charge in [0.25, 0.3) is 5.56 Å². The van der Waals surface area contributed by atoms with Crippen LogP contribution in [-0.2, 0) is 4.79 Å². The van der Waals surface area contributed by atoms with Gasteiger partial charge in [-0.05, 0) is 49.8 Å². The number of pyridine rings is 1. The van der Waals surface area contributed by atoms with Crippen molar-refractivity contribution in [2.24, 2.45) is 0 Å². The predicted molar refractivity (Wildman–Crippen MR) is 92.8 cm³/mol. The summed E-state index contributed by atoms with van der Waals surface area (Å²) in [5, 5.41) is 1.74. The normalized spacial score (nSPS) is 18.2. The first-order valence-electron chi connectivity index (χ1n) is 8.05. The van der Waals surface area contributed by atoms with E-state index in [0.717, 1.165) is 47.0 Å². The fourth-order valence-electron chi connectivity index (χ4n) is 3.60. The van der Waals surface area contributed by atoms with E-state index in [2.05, 4.69) is 23.7 Å². The van der Waals surface area contributed by atoms with Crippen LogP contribution in [0.5, 0.6) is 0 Å². The van der Waals surface area contributed by atoms with Crippen molar-refractivity contribution in [3.05, 3.63) is 58.0 Å². The number of aryl methyl sites for hydroxylation is 2. The van der Waals surface area contributed by atoms with Crippen LogP contribution in [-0.4, -0.2) is 28.9 Å². The molecule has 0 aliphatic carbocycles. The van der Waals surface area contributed by atoms with Gasteiger partial charge in [-0.3, -0.25) is 9.59 Å². The second kappa shape index (κ2) is 6.03. The summed E-state index contributed by atoms with van der Waals surface area (Å²) in [6.07, 6.45) is 3.28. The Kier molecular flexibility index (Phi) is 4.07. The maximum atomic E-state index is 12.5. The molecule has 2 heterocycles. The van der Waals surface area contributed by atoms with Gasteiger partial charge in [-0.1, -0.05) is 24.3 Å². The molecular weight excluding hydrogens is 288 g/mol. The highest BCUT2D eigenvalue weighted by Crippen LogP contribution is 2.27. The van der Waals surface area contributed by atoms with Crippen molar-refractivity contribution < 1.29 is 4.79 Å². The summed E-state index contributed by atoms with van der Waals surface area (Å²) in [5.41, 5.74) is 3.04. The molecule has 0 bridgehead atoms. The number of hydrogen-bond acceptors (Lipinski definition) is 2. The number of aromatic nitrogens is 1. The fourth-order valence-corrected chi connectivity index (χ4v) is 3.60. The van der Waals surface area contributed by atoms with Gasteiger partial charge in [0.2, 0.25) is 5.91 Å². The number of rotatable bonds is 2. The summed E-state index contributed by atoms with van der Waals surface area (Å²) in [7, 11) is 0. The van der Waals surface area contributed by atoms with Crippen LogP contribution in [0.3, 0.4) is 0 Å². The van der Waals surface area contributed by atoms with Gasteiger partial charge >= 0.3 is 0 Å². The Morgan fingerprint density at radius 1 is 1.35 bits per heavy atom. The number of H-pyrrole nitrogens is 1. The topological polar surface area (TPSA) is 53.2 Å². The van der Waals surface area contributed by atoms with Crippen LogP contribution in [0.2, 0.25) is 0 Å². The highest BCUT2D eigenvalue weighted by molar-refractivity contribution is 5.87. The minimum absolute atomic E-state index is 0.0375. The average molecular weight is 310 g/mol. The maximum Gasteiger partial charge on any atom is 0.256 e. The lowest BCUT2D eigenvalue weighted by Gasteiger charge is -2.32. The molecule has 3 rings (SSSR count). The average Bonchev–Trinajstić information content (AvgIpc) is 2.53. The van der Waals surface area contributed by atoms with Gasteiger partial charge < -0.3 is 9.88 Å². The number of carbonyl (C=O) groups is 1. The lowest BCUT2D eigenvalue weighted by atomic mass is 9.92. The molecule has 1 aliphatic heterocycles. The molecule has 1 unspecified atom stereocenters. The molecule has 1 amide bonds. The summed E-state index contributed by atoms with van der Waals surface area (Å²) in [6.45, 7) is 8.96. The van der Waals surface area contributed by atoms with Crippen LogP contribution in [0.1, 0.15) is 35.6 Å². The second-order valence-electron chi connectivity index (χ2n) is 6.43. The zero-order valence-corrected chi connectivity index (χ0v) is 13.7. The number of amides is 1. The number of likely N-dealkylation sites (tertiary alicyclic amines) is 1. The summed E-state index contributed by atoms with van der Waals surface area (Å²) in [4.78, 5) is 29.2. The quantitative estimate of drug-likeness (QED) is 0.867. The van der Waals surface area contributed by atoms with Gasteiger partial charge in [-0.25, -0.2) is 0 Å². The lowest BCUT2D eigenvalue weighted by Crippen LogP contribution is -2.38. The molecule has 1 aromatic carbocycles. The van der Waals surface area contributed by atoms with Crippen molar-refractivity contribution >= 4 is 16.7 Å². The first-order chi connectivity index (χ1) is 11.0. The molecule has 4 nitrogen and oxygen atoms in total. The van der Waals surface area contributed by atoms with Gasteiger partial charge in [0.05, 0.1) is 0 Å². The van der Waals surface area contributed by atoms with Crippen LogP contribution in [0, 0.1) is 13.8 Å². The number of carbonyl (C=O) groups excluding carboxylic acids is 1. The molecular formula is C19H22N2O2. The third-order valence-electron chi connectivity index (χ3n) is 4.65. The maximum absolute atomic E-state index is 12.5. The predicted octanol–water partition coefficient (Wildman–Crippen LogP) is 3.04. The molecule has 1 atom stereocenters. The monoisotopic (exact) mass is 310 g/mol. The highest BCUT2D eigenvalue weighted by Gasteiger charge is 2.24. The molecule has 1 saturated heterocycles. The van der Waals surface area contributed by atoms with Crippen molar-refractivity contribution in [2.75, 3.05) is 13.1 Å². The fraction of sp³-hybridized carbons (Fsp3) is 0.368. The van der Waals surface area contributed by atoms with E-state index in [0.29, 0.717) is 6.54 Å². The van der Waals surface area contributed by atoms with E-state index < -0.39 is 0 Å². The molecule has 1 fully saturated rings. The van der Waals surface area contributed by atoms with E-state index in [-0.39, 0.29) is 17.4 Å². The van der Waals surface area contributed by atoms with Crippen LogP contribution < -0.4 is 5.56 Å². The van der Waals surface area contributed by atoms with E-state index in [1.807, 2.05) is 24.8 Å². The Labute approximate surface area is 135 Å². The summed E-state index contributed by atoms with van der Waals surface area (Å²) < 4.78 is 0. The Bertz CT molecular complexity index is 835. The highest BCUT2D eigenvalue weighted by atomic mass is 16.2. The summed E-state index contributed by atoms with van der Waals surface area (Å²) in [5.74, 6) is 0.134. The van der Waals surface area contributed by atoms with Crippen molar-refractivity contribution in [2.45, 2.75) is 32.6 Å². The Balaban J connectivity index is 2.01. The van der Waals surface area contributed by atoms with Gasteiger partial charge in [0.1, 0.15) is 0 Å². The van der Waals surface area contributed by atoms with E-state index in [9.17, 15) is 9.59 Å². The van der Waals surface area contributed by atoms with Crippen molar-refractivity contribution in [1.29, 1.82) is 0 Å². The number of nitrogens with zero attached hydrogens (tertiary/aromatic N) is 1. The zero-order valence-electron chi connectivity index (χ0n) is 13.7. The third kappa shape index (κ3) is 2.93. The molecule has 0 radical (unpaired) electrons. The molecule has 2 aromatic rings. The van der Waals surface area contributed by atoms with Gasteiger partial charge in [-0.2, -0.15) is 0 Å². The number of nitrogens with one attached hydrogen (secondary N) is 1. The molecule has 1 aromatic heterocycles. The SMILES string of the molecule is C=CC(=O)N1CCCC(c2cc3cc(C)cc(C)c3c(=O)[nH]2)C1. The first-order valence-corrected chi connectivity index (χ1v) is 8.05. The molecule has 1 N–H and O–H groups in total. The number of piperidine rings is 1.